The molecule has 0 aliphatic carbocycles. The Balaban J connectivity index is 2.09. The monoisotopic (exact) mass is 266 g/mol. The smallest absolute Gasteiger partial charge is 0.148 e. The molecule has 0 atom stereocenters. The molecule has 0 unspecified atom stereocenters. The Morgan fingerprint density at radius 1 is 1.39 bits per heavy atom. The van der Waals surface area contributed by atoms with Crippen LogP contribution in [0.4, 0.5) is 10.2 Å². The van der Waals surface area contributed by atoms with Crippen LogP contribution < -0.4 is 11.1 Å². The molecule has 94 valence electrons. The van der Waals surface area contributed by atoms with Gasteiger partial charge in [-0.1, -0.05) is 23.7 Å². The highest BCUT2D eigenvalue weighted by Crippen LogP contribution is 2.18. The number of hydrogen-bond acceptors (Lipinski definition) is 4. The molecule has 0 fully saturated rings. The molecule has 0 spiro atoms. The van der Waals surface area contributed by atoms with Crippen molar-refractivity contribution in [3.8, 4) is 0 Å². The molecule has 4 nitrogen and oxygen atoms in total. The summed E-state index contributed by atoms with van der Waals surface area (Å²) in [5.74, 6) is 0.185. The van der Waals surface area contributed by atoms with Crippen molar-refractivity contribution in [2.45, 2.75) is 13.1 Å². The van der Waals surface area contributed by atoms with Crippen LogP contribution in [0, 0.1) is 5.82 Å². The second-order valence-electron chi connectivity index (χ2n) is 3.70. The molecule has 18 heavy (non-hydrogen) atoms. The number of aromatic nitrogens is 2. The molecule has 1 heterocycles. The summed E-state index contributed by atoms with van der Waals surface area (Å²) in [6.07, 6.45) is 2.85. The van der Waals surface area contributed by atoms with E-state index in [4.69, 9.17) is 17.3 Å². The molecule has 2 aromatic rings. The SMILES string of the molecule is NCc1ccc(CNc2ncncc2Cl)c(F)c1. The van der Waals surface area contributed by atoms with Gasteiger partial charge < -0.3 is 11.1 Å². The Morgan fingerprint density at radius 3 is 2.89 bits per heavy atom. The zero-order valence-corrected chi connectivity index (χ0v) is 10.3. The number of anilines is 1. The standard InChI is InChI=1S/C12H12ClFN4/c13-10-6-16-7-18-12(10)17-5-9-2-1-8(4-15)3-11(9)14/h1-3,6-7H,4-5,15H2,(H,16,17,18). The quantitative estimate of drug-likeness (QED) is 0.892. The van der Waals surface area contributed by atoms with Crippen molar-refractivity contribution in [1.82, 2.24) is 9.97 Å². The van der Waals surface area contributed by atoms with Crippen molar-refractivity contribution in [2.75, 3.05) is 5.32 Å². The lowest BCUT2D eigenvalue weighted by Gasteiger charge is -2.08. The van der Waals surface area contributed by atoms with Gasteiger partial charge in [0.1, 0.15) is 23.0 Å². The zero-order chi connectivity index (χ0) is 13.0. The third-order valence-electron chi connectivity index (χ3n) is 2.47. The number of rotatable bonds is 4. The van der Waals surface area contributed by atoms with E-state index in [-0.39, 0.29) is 5.82 Å². The summed E-state index contributed by atoms with van der Waals surface area (Å²) < 4.78 is 13.7. The molecule has 0 amide bonds. The van der Waals surface area contributed by atoms with Gasteiger partial charge in [0, 0.05) is 18.7 Å². The number of nitrogens with zero attached hydrogens (tertiary/aromatic N) is 2. The van der Waals surface area contributed by atoms with Gasteiger partial charge in [0.15, 0.2) is 0 Å². The maximum absolute atomic E-state index is 13.7. The van der Waals surface area contributed by atoms with E-state index in [0.717, 1.165) is 5.56 Å². The molecule has 2 rings (SSSR count). The molecule has 0 radical (unpaired) electrons. The summed E-state index contributed by atoms with van der Waals surface area (Å²) in [5, 5.41) is 3.35. The second-order valence-corrected chi connectivity index (χ2v) is 4.11. The van der Waals surface area contributed by atoms with Crippen LogP contribution >= 0.6 is 11.6 Å². The van der Waals surface area contributed by atoms with Gasteiger partial charge in [0.2, 0.25) is 0 Å². The van der Waals surface area contributed by atoms with E-state index >= 15 is 0 Å². The zero-order valence-electron chi connectivity index (χ0n) is 9.53. The fraction of sp³-hybridized carbons (Fsp3) is 0.167. The largest absolute Gasteiger partial charge is 0.365 e. The van der Waals surface area contributed by atoms with E-state index in [1.165, 1.54) is 18.6 Å². The van der Waals surface area contributed by atoms with E-state index in [1.807, 2.05) is 0 Å². The molecule has 6 heteroatoms. The molecule has 3 N–H and O–H groups in total. The highest BCUT2D eigenvalue weighted by Gasteiger charge is 2.05. The van der Waals surface area contributed by atoms with E-state index in [1.54, 1.807) is 12.1 Å². The van der Waals surface area contributed by atoms with Gasteiger partial charge in [-0.15, -0.1) is 0 Å². The Labute approximate surface area is 109 Å². The maximum atomic E-state index is 13.7. The van der Waals surface area contributed by atoms with Crippen molar-refractivity contribution in [3.05, 3.63) is 52.7 Å². The van der Waals surface area contributed by atoms with Gasteiger partial charge >= 0.3 is 0 Å². The van der Waals surface area contributed by atoms with E-state index < -0.39 is 0 Å². The fourth-order valence-electron chi connectivity index (χ4n) is 1.48. The fourth-order valence-corrected chi connectivity index (χ4v) is 1.65. The lowest BCUT2D eigenvalue weighted by molar-refractivity contribution is 0.610. The minimum absolute atomic E-state index is 0.296. The van der Waals surface area contributed by atoms with E-state index in [9.17, 15) is 4.39 Å². The first kappa shape index (κ1) is 12.7. The number of hydrogen-bond donors (Lipinski definition) is 2. The first-order chi connectivity index (χ1) is 8.70. The highest BCUT2D eigenvalue weighted by atomic mass is 35.5. The molecule has 0 aliphatic heterocycles. The number of halogens is 2. The Hall–Kier alpha value is -1.72. The molecule has 0 bridgehead atoms. The van der Waals surface area contributed by atoms with Crippen LogP contribution in [0.25, 0.3) is 0 Å². The summed E-state index contributed by atoms with van der Waals surface area (Å²) in [4.78, 5) is 7.73. The van der Waals surface area contributed by atoms with Gasteiger partial charge in [-0.3, -0.25) is 0 Å². The molecule has 0 saturated carbocycles. The minimum atomic E-state index is -0.296. The second kappa shape index (κ2) is 5.75. The van der Waals surface area contributed by atoms with Crippen molar-refractivity contribution in [1.29, 1.82) is 0 Å². The summed E-state index contributed by atoms with van der Waals surface area (Å²) >= 11 is 5.88. The lowest BCUT2D eigenvalue weighted by atomic mass is 10.1. The number of benzene rings is 1. The van der Waals surface area contributed by atoms with Crippen LogP contribution in [0.2, 0.25) is 5.02 Å². The first-order valence-corrected chi connectivity index (χ1v) is 5.75. The number of nitrogens with two attached hydrogens (primary N) is 1. The summed E-state index contributed by atoms with van der Waals surface area (Å²) in [7, 11) is 0. The molecule has 0 saturated heterocycles. The summed E-state index contributed by atoms with van der Waals surface area (Å²) in [5.41, 5.74) is 6.73. The molecule has 1 aromatic heterocycles. The van der Waals surface area contributed by atoms with Crippen molar-refractivity contribution < 1.29 is 4.39 Å². The average Bonchev–Trinajstić information content (AvgIpc) is 2.39. The van der Waals surface area contributed by atoms with Gasteiger partial charge in [-0.2, -0.15) is 0 Å². The maximum Gasteiger partial charge on any atom is 0.148 e. The predicted molar refractivity (Wildman–Crippen MR) is 68.7 cm³/mol. The van der Waals surface area contributed by atoms with Gasteiger partial charge in [-0.05, 0) is 11.6 Å². The van der Waals surface area contributed by atoms with Crippen molar-refractivity contribution >= 4 is 17.4 Å². The van der Waals surface area contributed by atoms with E-state index in [0.29, 0.717) is 29.5 Å². The molecule has 0 aliphatic rings. The van der Waals surface area contributed by atoms with Gasteiger partial charge in [0.25, 0.3) is 0 Å². The van der Waals surface area contributed by atoms with Crippen LogP contribution in [0.5, 0.6) is 0 Å². The Bertz CT molecular complexity index is 547. The molecular weight excluding hydrogens is 255 g/mol. The normalized spacial score (nSPS) is 10.4. The van der Waals surface area contributed by atoms with Crippen molar-refractivity contribution in [2.24, 2.45) is 5.73 Å². The third-order valence-corrected chi connectivity index (χ3v) is 2.74. The van der Waals surface area contributed by atoms with E-state index in [2.05, 4.69) is 15.3 Å². The summed E-state index contributed by atoms with van der Waals surface area (Å²) in [6.45, 7) is 0.621. The van der Waals surface area contributed by atoms with Gasteiger partial charge in [0.05, 0.1) is 6.20 Å². The van der Waals surface area contributed by atoms with Gasteiger partial charge in [-0.25, -0.2) is 14.4 Å². The minimum Gasteiger partial charge on any atom is -0.365 e. The highest BCUT2D eigenvalue weighted by molar-refractivity contribution is 6.32. The predicted octanol–water partition coefficient (Wildman–Crippen LogP) is 2.34. The van der Waals surface area contributed by atoms with Crippen LogP contribution in [0.1, 0.15) is 11.1 Å². The summed E-state index contributed by atoms with van der Waals surface area (Å²) in [6, 6.07) is 4.92. The van der Waals surface area contributed by atoms with Crippen LogP contribution in [-0.4, -0.2) is 9.97 Å². The van der Waals surface area contributed by atoms with Crippen molar-refractivity contribution in [3.63, 3.8) is 0 Å². The molecular formula is C12H12ClFN4. The Morgan fingerprint density at radius 2 is 2.22 bits per heavy atom. The van der Waals surface area contributed by atoms with Crippen LogP contribution in [-0.2, 0) is 13.1 Å². The third kappa shape index (κ3) is 2.94. The molecule has 1 aromatic carbocycles. The van der Waals surface area contributed by atoms with Crippen LogP contribution in [0.3, 0.4) is 0 Å². The topological polar surface area (TPSA) is 63.8 Å². The van der Waals surface area contributed by atoms with Crippen LogP contribution in [0.15, 0.2) is 30.7 Å². The average molecular weight is 267 g/mol. The first-order valence-electron chi connectivity index (χ1n) is 5.37. The Kier molecular flexibility index (Phi) is 4.07. The lowest BCUT2D eigenvalue weighted by Crippen LogP contribution is -2.05. The number of nitrogens with one attached hydrogen (secondary N) is 1.